The van der Waals surface area contributed by atoms with Crippen LogP contribution < -0.4 is 5.19 Å². The van der Waals surface area contributed by atoms with Gasteiger partial charge in [-0.3, -0.25) is 0 Å². The number of rotatable bonds is 2. The fourth-order valence-electron chi connectivity index (χ4n) is 2.60. The topological polar surface area (TPSA) is 9.23 Å². The van der Waals surface area contributed by atoms with E-state index in [0.717, 1.165) is 30.2 Å². The molecule has 1 aliphatic heterocycles. The summed E-state index contributed by atoms with van der Waals surface area (Å²) >= 11 is 24.9. The summed E-state index contributed by atoms with van der Waals surface area (Å²) in [5, 5.41) is 2.63. The van der Waals surface area contributed by atoms with Gasteiger partial charge in [0.15, 0.2) is 0 Å². The molecule has 1 aliphatic rings. The summed E-state index contributed by atoms with van der Waals surface area (Å²) in [6, 6.07) is 11.0. The Kier molecular flexibility index (Phi) is 5.38. The van der Waals surface area contributed by atoms with Crippen molar-refractivity contribution in [2.45, 2.75) is 18.9 Å². The number of hydrogen-bond donors (Lipinski definition) is 0. The van der Waals surface area contributed by atoms with Gasteiger partial charge in [0.1, 0.15) is 0 Å². The van der Waals surface area contributed by atoms with E-state index in [2.05, 4.69) is 6.07 Å². The van der Waals surface area contributed by atoms with Crippen molar-refractivity contribution < 1.29 is 4.43 Å². The van der Waals surface area contributed by atoms with E-state index in [-0.39, 0.29) is 5.02 Å². The highest BCUT2D eigenvalue weighted by Crippen LogP contribution is 2.42. The molecule has 3 rings (SSSR count). The molecule has 0 N–H and O–H groups in total. The van der Waals surface area contributed by atoms with Crippen molar-refractivity contribution >= 4 is 60.6 Å². The lowest BCUT2D eigenvalue weighted by Crippen LogP contribution is -2.37. The molecule has 0 atom stereocenters. The molecule has 1 saturated heterocycles. The summed E-state index contributed by atoms with van der Waals surface area (Å²) in [7, 11) is -1.03. The molecule has 2 aromatic rings. The predicted molar refractivity (Wildman–Crippen MR) is 97.3 cm³/mol. The van der Waals surface area contributed by atoms with E-state index in [1.807, 2.05) is 18.2 Å². The van der Waals surface area contributed by atoms with Crippen LogP contribution in [0.15, 0.2) is 30.3 Å². The van der Waals surface area contributed by atoms with E-state index in [1.165, 1.54) is 11.6 Å². The van der Waals surface area contributed by atoms with Crippen LogP contribution in [0.25, 0.3) is 11.1 Å². The van der Waals surface area contributed by atoms with Crippen molar-refractivity contribution in [1.82, 2.24) is 0 Å². The Morgan fingerprint density at radius 1 is 0.864 bits per heavy atom. The molecule has 22 heavy (non-hydrogen) atoms. The van der Waals surface area contributed by atoms with E-state index in [4.69, 9.17) is 50.8 Å². The third-order valence-electron chi connectivity index (χ3n) is 3.69. The molecule has 0 aromatic heterocycles. The minimum absolute atomic E-state index is 0.289. The van der Waals surface area contributed by atoms with Gasteiger partial charge in [-0.05, 0) is 29.3 Å². The molecule has 0 bridgehead atoms. The van der Waals surface area contributed by atoms with E-state index in [9.17, 15) is 0 Å². The van der Waals surface area contributed by atoms with Crippen LogP contribution in [-0.4, -0.2) is 15.6 Å². The number of halogens is 4. The molecule has 0 spiro atoms. The highest BCUT2D eigenvalue weighted by molar-refractivity contribution is 6.69. The van der Waals surface area contributed by atoms with E-state index in [1.54, 1.807) is 6.07 Å². The van der Waals surface area contributed by atoms with Gasteiger partial charge in [0.2, 0.25) is 9.04 Å². The third kappa shape index (κ3) is 3.19. The van der Waals surface area contributed by atoms with Crippen LogP contribution in [0.2, 0.25) is 26.1 Å². The van der Waals surface area contributed by atoms with E-state index in [0.29, 0.717) is 15.1 Å². The molecule has 1 fully saturated rings. The molecule has 1 radical (unpaired) electrons. The smallest absolute Gasteiger partial charge is 0.247 e. The molecule has 0 saturated carbocycles. The second-order valence-corrected chi connectivity index (χ2v) is 8.84. The third-order valence-corrected chi connectivity index (χ3v) is 7.84. The molecule has 0 aliphatic carbocycles. The molecule has 1 heterocycles. The van der Waals surface area contributed by atoms with Gasteiger partial charge < -0.3 is 4.43 Å². The Bertz CT molecular complexity index is 699. The highest BCUT2D eigenvalue weighted by atomic mass is 35.5. The van der Waals surface area contributed by atoms with Crippen molar-refractivity contribution in [2.24, 2.45) is 0 Å². The molecular weight excluding hydrogens is 378 g/mol. The molecule has 6 heteroatoms. The average Bonchev–Trinajstić information content (AvgIpc) is 2.57. The summed E-state index contributed by atoms with van der Waals surface area (Å²) < 4.78 is 6.02. The lowest BCUT2D eigenvalue weighted by molar-refractivity contribution is 0.294. The molecule has 1 nitrogen and oxygen atoms in total. The summed E-state index contributed by atoms with van der Waals surface area (Å²) in [6.07, 6.45) is 2.34. The lowest BCUT2D eigenvalue weighted by atomic mass is 10.1. The van der Waals surface area contributed by atoms with Crippen LogP contribution in [-0.2, 0) is 4.43 Å². The van der Waals surface area contributed by atoms with Gasteiger partial charge in [0.05, 0.1) is 20.1 Å². The zero-order valence-corrected chi connectivity index (χ0v) is 15.7. The van der Waals surface area contributed by atoms with Gasteiger partial charge >= 0.3 is 0 Å². The van der Waals surface area contributed by atoms with Crippen molar-refractivity contribution in [3.63, 3.8) is 0 Å². The van der Waals surface area contributed by atoms with Crippen molar-refractivity contribution in [3.8, 4) is 11.1 Å². The largest absolute Gasteiger partial charge is 0.412 e. The Balaban J connectivity index is 2.13. The van der Waals surface area contributed by atoms with Crippen LogP contribution >= 0.6 is 46.4 Å². The maximum Gasteiger partial charge on any atom is 0.247 e. The normalized spacial score (nSPS) is 16.0. The quantitative estimate of drug-likeness (QED) is 0.348. The Morgan fingerprint density at radius 3 is 2.36 bits per heavy atom. The Hall–Kier alpha value is -0.223. The maximum atomic E-state index is 6.41. The molecule has 0 unspecified atom stereocenters. The Labute approximate surface area is 151 Å². The van der Waals surface area contributed by atoms with Gasteiger partial charge in [0, 0.05) is 12.2 Å². The summed E-state index contributed by atoms with van der Waals surface area (Å²) in [5.41, 5.74) is 1.84. The monoisotopic (exact) mass is 389 g/mol. The van der Waals surface area contributed by atoms with Gasteiger partial charge in [0.25, 0.3) is 0 Å². The second kappa shape index (κ2) is 7.12. The van der Waals surface area contributed by atoms with Gasteiger partial charge in [-0.1, -0.05) is 77.1 Å². The Morgan fingerprint density at radius 2 is 1.64 bits per heavy atom. The average molecular weight is 391 g/mol. The van der Waals surface area contributed by atoms with Gasteiger partial charge in [-0.2, -0.15) is 0 Å². The summed E-state index contributed by atoms with van der Waals surface area (Å²) in [4.78, 5) is 0. The standard InChI is InChI=1S/C16H13Cl4OSi/c17-12-9-11(14(18)16(20)15(12)19)10-5-1-2-6-13(10)22-8-4-3-7-21-22/h1-2,5-6,9H,3-4,7-8H2. The summed E-state index contributed by atoms with van der Waals surface area (Å²) in [6.45, 7) is 0.832. The second-order valence-electron chi connectivity index (χ2n) is 5.12. The fraction of sp³-hybridized carbons (Fsp3) is 0.250. The molecule has 0 amide bonds. The fourth-order valence-corrected chi connectivity index (χ4v) is 5.83. The van der Waals surface area contributed by atoms with Gasteiger partial charge in [-0.25, -0.2) is 0 Å². The van der Waals surface area contributed by atoms with E-state index < -0.39 is 9.04 Å². The zero-order chi connectivity index (χ0) is 15.7. The molecular formula is C16H13Cl4OSi. The first-order chi connectivity index (χ1) is 10.6. The van der Waals surface area contributed by atoms with Crippen molar-refractivity contribution in [3.05, 3.63) is 50.4 Å². The van der Waals surface area contributed by atoms with E-state index >= 15 is 0 Å². The minimum Gasteiger partial charge on any atom is -0.412 e. The van der Waals surface area contributed by atoms with Crippen molar-refractivity contribution in [1.29, 1.82) is 0 Å². The van der Waals surface area contributed by atoms with Crippen LogP contribution in [0.3, 0.4) is 0 Å². The minimum atomic E-state index is -1.03. The van der Waals surface area contributed by atoms with Crippen LogP contribution in [0.4, 0.5) is 0 Å². The first kappa shape index (κ1) is 16.6. The first-order valence-corrected chi connectivity index (χ1v) is 10.1. The molecule has 2 aromatic carbocycles. The van der Waals surface area contributed by atoms with Gasteiger partial charge in [-0.15, -0.1) is 0 Å². The summed E-state index contributed by atoms with van der Waals surface area (Å²) in [5.74, 6) is 0. The maximum absolute atomic E-state index is 6.41. The number of benzene rings is 2. The van der Waals surface area contributed by atoms with Crippen molar-refractivity contribution in [2.75, 3.05) is 6.61 Å². The lowest BCUT2D eigenvalue weighted by Gasteiger charge is -2.23. The number of hydrogen-bond acceptors (Lipinski definition) is 1. The zero-order valence-electron chi connectivity index (χ0n) is 11.6. The van der Waals surface area contributed by atoms with Crippen LogP contribution in [0.5, 0.6) is 0 Å². The van der Waals surface area contributed by atoms with Crippen LogP contribution in [0.1, 0.15) is 12.8 Å². The highest BCUT2D eigenvalue weighted by Gasteiger charge is 2.24. The predicted octanol–water partition coefficient (Wildman–Crippen LogP) is 5.98. The molecule has 115 valence electrons. The van der Waals surface area contributed by atoms with Crippen LogP contribution in [0, 0.1) is 0 Å². The SMILES string of the molecule is Clc1cc(-c2ccccc2[Si]2CCCCO2)c(Cl)c(Cl)c1Cl. The first-order valence-electron chi connectivity index (χ1n) is 7.01.